The van der Waals surface area contributed by atoms with E-state index in [1.165, 1.54) is 10.7 Å². The first-order chi connectivity index (χ1) is 4.74. The Balaban J connectivity index is 2.78. The van der Waals surface area contributed by atoms with Gasteiger partial charge in [0.15, 0.2) is 0 Å². The van der Waals surface area contributed by atoms with Crippen LogP contribution in [0.25, 0.3) is 0 Å². The van der Waals surface area contributed by atoms with Crippen LogP contribution in [0.15, 0.2) is 17.2 Å². The van der Waals surface area contributed by atoms with Crippen molar-refractivity contribution in [3.8, 4) is 0 Å². The van der Waals surface area contributed by atoms with Gasteiger partial charge in [-0.2, -0.15) is 0 Å². The Morgan fingerprint density at radius 1 is 1.40 bits per heavy atom. The van der Waals surface area contributed by atoms with Crippen LogP contribution >= 0.6 is 11.8 Å². The maximum absolute atomic E-state index is 3.33. The van der Waals surface area contributed by atoms with E-state index in [9.17, 15) is 0 Å². The molecule has 2 heteroatoms. The van der Waals surface area contributed by atoms with E-state index in [2.05, 4.69) is 37.2 Å². The Hall–Kier alpha value is -0.370. The van der Waals surface area contributed by atoms with E-state index in [-0.39, 0.29) is 0 Å². The number of hydrogen-bond donors (Lipinski definition) is 1. The molecule has 1 nitrogen and oxygen atoms in total. The summed E-state index contributed by atoms with van der Waals surface area (Å²) in [5.74, 6) is 0.612. The summed E-state index contributed by atoms with van der Waals surface area (Å²) < 4.78 is 0. The summed E-state index contributed by atoms with van der Waals surface area (Å²) in [7, 11) is 0. The van der Waals surface area contributed by atoms with Crippen LogP contribution in [-0.2, 0) is 0 Å². The van der Waals surface area contributed by atoms with Gasteiger partial charge in [0.1, 0.15) is 0 Å². The number of aromatic amines is 1. The quantitative estimate of drug-likeness (QED) is 0.649. The van der Waals surface area contributed by atoms with Gasteiger partial charge in [-0.05, 0) is 24.3 Å². The minimum atomic E-state index is 0.612. The minimum Gasteiger partial charge on any atom is -0.353 e. The average molecular weight is 155 g/mol. The second-order valence-electron chi connectivity index (χ2n) is 2.64. The van der Waals surface area contributed by atoms with Gasteiger partial charge in [-0.1, -0.05) is 13.8 Å². The molecule has 0 spiro atoms. The van der Waals surface area contributed by atoms with Crippen LogP contribution in [0.2, 0.25) is 0 Å². The van der Waals surface area contributed by atoms with Crippen molar-refractivity contribution >= 4 is 11.8 Å². The maximum atomic E-state index is 3.33. The SMILES string of the molecule is CSc1ccc(C(C)C)[nH]1. The summed E-state index contributed by atoms with van der Waals surface area (Å²) in [4.78, 5) is 3.33. The number of rotatable bonds is 2. The molecular formula is C8H13NS. The number of H-pyrrole nitrogens is 1. The Morgan fingerprint density at radius 3 is 2.40 bits per heavy atom. The van der Waals surface area contributed by atoms with Crippen LogP contribution in [-0.4, -0.2) is 11.2 Å². The van der Waals surface area contributed by atoms with Gasteiger partial charge in [-0.25, -0.2) is 0 Å². The highest BCUT2D eigenvalue weighted by molar-refractivity contribution is 7.98. The van der Waals surface area contributed by atoms with Crippen LogP contribution in [0.1, 0.15) is 25.5 Å². The van der Waals surface area contributed by atoms with Gasteiger partial charge in [0.2, 0.25) is 0 Å². The van der Waals surface area contributed by atoms with Crippen LogP contribution in [0.3, 0.4) is 0 Å². The summed E-state index contributed by atoms with van der Waals surface area (Å²) in [6, 6.07) is 4.27. The standard InChI is InChI=1S/C8H13NS/c1-6(2)7-4-5-8(9-7)10-3/h4-6,9H,1-3H3. The molecule has 0 bridgehead atoms. The molecule has 0 saturated heterocycles. The van der Waals surface area contributed by atoms with E-state index in [0.29, 0.717) is 5.92 Å². The molecule has 1 N–H and O–H groups in total. The van der Waals surface area contributed by atoms with Crippen molar-refractivity contribution in [1.82, 2.24) is 4.98 Å². The van der Waals surface area contributed by atoms with E-state index in [4.69, 9.17) is 0 Å². The zero-order valence-electron chi connectivity index (χ0n) is 6.64. The van der Waals surface area contributed by atoms with E-state index in [1.807, 2.05) is 0 Å². The third kappa shape index (κ3) is 1.57. The summed E-state index contributed by atoms with van der Waals surface area (Å²) in [5.41, 5.74) is 1.32. The molecule has 1 heterocycles. The highest BCUT2D eigenvalue weighted by Crippen LogP contribution is 2.18. The molecule has 1 aromatic rings. The van der Waals surface area contributed by atoms with Crippen LogP contribution < -0.4 is 0 Å². The molecule has 0 saturated carbocycles. The van der Waals surface area contributed by atoms with Gasteiger partial charge in [0, 0.05) is 5.69 Å². The van der Waals surface area contributed by atoms with Crippen LogP contribution in [0, 0.1) is 0 Å². The lowest BCUT2D eigenvalue weighted by atomic mass is 10.1. The first-order valence-electron chi connectivity index (χ1n) is 3.47. The van der Waals surface area contributed by atoms with E-state index < -0.39 is 0 Å². The van der Waals surface area contributed by atoms with Crippen molar-refractivity contribution in [2.24, 2.45) is 0 Å². The second-order valence-corrected chi connectivity index (χ2v) is 3.48. The second kappa shape index (κ2) is 3.15. The first kappa shape index (κ1) is 7.73. The highest BCUT2D eigenvalue weighted by atomic mass is 32.2. The summed E-state index contributed by atoms with van der Waals surface area (Å²) >= 11 is 1.75. The maximum Gasteiger partial charge on any atom is 0.0721 e. The number of nitrogens with one attached hydrogen (secondary N) is 1. The van der Waals surface area contributed by atoms with Crippen LogP contribution in [0.5, 0.6) is 0 Å². The molecule has 0 fully saturated rings. The zero-order valence-corrected chi connectivity index (χ0v) is 7.46. The Kier molecular flexibility index (Phi) is 2.44. The topological polar surface area (TPSA) is 15.8 Å². The van der Waals surface area contributed by atoms with E-state index in [1.54, 1.807) is 11.8 Å². The molecule has 0 atom stereocenters. The lowest BCUT2D eigenvalue weighted by Gasteiger charge is -1.98. The minimum absolute atomic E-state index is 0.612. The molecule has 0 amide bonds. The Labute approximate surface area is 66.2 Å². The Bertz CT molecular complexity index is 203. The zero-order chi connectivity index (χ0) is 7.56. The number of hydrogen-bond acceptors (Lipinski definition) is 1. The largest absolute Gasteiger partial charge is 0.353 e. The van der Waals surface area contributed by atoms with E-state index >= 15 is 0 Å². The van der Waals surface area contributed by atoms with Crippen molar-refractivity contribution < 1.29 is 0 Å². The molecule has 1 rings (SSSR count). The molecule has 0 aliphatic rings. The van der Waals surface area contributed by atoms with Gasteiger partial charge in [-0.15, -0.1) is 11.8 Å². The lowest BCUT2D eigenvalue weighted by molar-refractivity contribution is 0.822. The fraction of sp³-hybridized carbons (Fsp3) is 0.500. The fourth-order valence-electron chi connectivity index (χ4n) is 0.847. The third-order valence-corrected chi connectivity index (χ3v) is 2.20. The highest BCUT2D eigenvalue weighted by Gasteiger charge is 2.00. The fourth-order valence-corrected chi connectivity index (χ4v) is 1.27. The first-order valence-corrected chi connectivity index (χ1v) is 4.69. The van der Waals surface area contributed by atoms with Crippen molar-refractivity contribution in [3.63, 3.8) is 0 Å². The van der Waals surface area contributed by atoms with Crippen molar-refractivity contribution in [2.75, 3.05) is 6.26 Å². The molecular weight excluding hydrogens is 142 g/mol. The molecule has 1 aromatic heterocycles. The number of thioether (sulfide) groups is 1. The molecule has 10 heavy (non-hydrogen) atoms. The summed E-state index contributed by atoms with van der Waals surface area (Å²) in [5, 5.41) is 1.25. The van der Waals surface area contributed by atoms with E-state index in [0.717, 1.165) is 0 Å². The Morgan fingerprint density at radius 2 is 2.10 bits per heavy atom. The molecule has 0 aliphatic heterocycles. The smallest absolute Gasteiger partial charge is 0.0721 e. The molecule has 56 valence electrons. The van der Waals surface area contributed by atoms with Crippen molar-refractivity contribution in [1.29, 1.82) is 0 Å². The number of aromatic nitrogens is 1. The third-order valence-electron chi connectivity index (χ3n) is 1.52. The average Bonchev–Trinajstić information content (AvgIpc) is 2.34. The van der Waals surface area contributed by atoms with Gasteiger partial charge < -0.3 is 4.98 Å². The van der Waals surface area contributed by atoms with Crippen molar-refractivity contribution in [2.45, 2.75) is 24.8 Å². The van der Waals surface area contributed by atoms with Gasteiger partial charge in [0.25, 0.3) is 0 Å². The molecule has 0 aliphatic carbocycles. The molecule has 0 radical (unpaired) electrons. The molecule has 0 aromatic carbocycles. The van der Waals surface area contributed by atoms with Crippen molar-refractivity contribution in [3.05, 3.63) is 17.8 Å². The van der Waals surface area contributed by atoms with Crippen LogP contribution in [0.4, 0.5) is 0 Å². The summed E-state index contributed by atoms with van der Waals surface area (Å²) in [6.45, 7) is 4.38. The normalized spacial score (nSPS) is 10.8. The van der Waals surface area contributed by atoms with Gasteiger partial charge >= 0.3 is 0 Å². The lowest BCUT2D eigenvalue weighted by Crippen LogP contribution is -1.85. The predicted molar refractivity (Wildman–Crippen MR) is 46.7 cm³/mol. The van der Waals surface area contributed by atoms with Gasteiger partial charge in [0.05, 0.1) is 5.03 Å². The molecule has 0 unspecified atom stereocenters. The monoisotopic (exact) mass is 155 g/mol. The summed E-state index contributed by atoms with van der Waals surface area (Å²) in [6.07, 6.45) is 2.08. The van der Waals surface area contributed by atoms with Gasteiger partial charge in [-0.3, -0.25) is 0 Å². The predicted octanol–water partition coefficient (Wildman–Crippen LogP) is 2.86.